The second kappa shape index (κ2) is 11.0. The van der Waals surface area contributed by atoms with Crippen LogP contribution in [0.15, 0.2) is 45.9 Å². The molecule has 0 spiro atoms. The zero-order valence-corrected chi connectivity index (χ0v) is 21.8. The van der Waals surface area contributed by atoms with E-state index in [4.69, 9.17) is 15.2 Å². The van der Waals surface area contributed by atoms with Gasteiger partial charge in [-0.3, -0.25) is 5.73 Å². The lowest BCUT2D eigenvalue weighted by Gasteiger charge is -2.41. The van der Waals surface area contributed by atoms with Gasteiger partial charge in [-0.05, 0) is 37.1 Å². The summed E-state index contributed by atoms with van der Waals surface area (Å²) in [4.78, 5) is 7.79. The van der Waals surface area contributed by atoms with Crippen molar-refractivity contribution in [3.8, 4) is 0 Å². The van der Waals surface area contributed by atoms with Gasteiger partial charge in [0.2, 0.25) is 15.9 Å². The molecular formula is C24H33F3N6O4S. The predicted octanol–water partition coefficient (Wildman–Crippen LogP) is 1.46. The fourth-order valence-electron chi connectivity index (χ4n) is 5.19. The molecule has 1 aromatic carbocycles. The van der Waals surface area contributed by atoms with Crippen molar-refractivity contribution >= 4 is 21.6 Å². The number of nitrogens with two attached hydrogens (primary N) is 1. The first-order valence-electron chi connectivity index (χ1n) is 12.8. The number of rotatable bonds is 5. The number of anilines is 1. The van der Waals surface area contributed by atoms with Gasteiger partial charge in [0.05, 0.1) is 18.1 Å². The molecule has 0 bridgehead atoms. The zero-order chi connectivity index (χ0) is 26.9. The number of halogens is 3. The number of nitrogens with one attached hydrogen (secondary N) is 1. The summed E-state index contributed by atoms with van der Waals surface area (Å²) in [5, 5.41) is 3.29. The molecule has 5 rings (SSSR count). The molecule has 38 heavy (non-hydrogen) atoms. The summed E-state index contributed by atoms with van der Waals surface area (Å²) in [5.41, 5.74) is 6.12. The summed E-state index contributed by atoms with van der Waals surface area (Å²) in [5.74, 6) is -0.527. The number of ether oxygens (including phenoxy) is 2. The highest BCUT2D eigenvalue weighted by atomic mass is 32.2. The molecule has 4 aliphatic rings. The number of hydrogen-bond acceptors (Lipinski definition) is 9. The number of nitrogens with zero attached hydrogens (tertiary/aromatic N) is 4. The Labute approximate surface area is 220 Å². The van der Waals surface area contributed by atoms with Crippen LogP contribution in [0, 0.1) is 0 Å². The molecular weight excluding hydrogens is 525 g/mol. The summed E-state index contributed by atoms with van der Waals surface area (Å²) in [6.45, 7) is 4.42. The quantitative estimate of drug-likeness (QED) is 0.559. The number of sulfonamides is 1. The summed E-state index contributed by atoms with van der Waals surface area (Å²) in [7, 11) is -3.74. The third-order valence-electron chi connectivity index (χ3n) is 7.34. The average Bonchev–Trinajstić information content (AvgIpc) is 3.42. The number of piperazine rings is 1. The molecule has 3 fully saturated rings. The van der Waals surface area contributed by atoms with Crippen LogP contribution in [-0.2, 0) is 19.5 Å². The predicted molar refractivity (Wildman–Crippen MR) is 135 cm³/mol. The molecule has 0 saturated carbocycles. The van der Waals surface area contributed by atoms with Gasteiger partial charge in [0.15, 0.2) is 6.29 Å². The van der Waals surface area contributed by atoms with Crippen LogP contribution in [0.2, 0.25) is 0 Å². The first-order chi connectivity index (χ1) is 18.1. The average molecular weight is 559 g/mol. The van der Waals surface area contributed by atoms with Crippen molar-refractivity contribution in [1.82, 2.24) is 14.5 Å². The standard InChI is InChI=1S/C24H33F3N6O4S/c25-24(26,27)21-15-33(23(28)30-22(21)37-19-7-14-36-16-19)18-5-10-32(11-6-18)38(34,35)20-3-1-17(2-4-20)31-12-8-29-9-13-31/h1-4,15,18-19,23,29H,5-14,16,28H2. The van der Waals surface area contributed by atoms with Crippen molar-refractivity contribution in [3.05, 3.63) is 36.0 Å². The Hall–Kier alpha value is -2.39. The molecule has 2 atom stereocenters. The van der Waals surface area contributed by atoms with E-state index in [0.717, 1.165) is 38.1 Å². The van der Waals surface area contributed by atoms with Gasteiger partial charge in [-0.25, -0.2) is 13.4 Å². The molecule has 14 heteroatoms. The van der Waals surface area contributed by atoms with Gasteiger partial charge < -0.3 is 24.6 Å². The van der Waals surface area contributed by atoms with E-state index in [1.54, 1.807) is 12.1 Å². The van der Waals surface area contributed by atoms with Crippen molar-refractivity contribution in [1.29, 1.82) is 0 Å². The Morgan fingerprint density at radius 1 is 1.05 bits per heavy atom. The van der Waals surface area contributed by atoms with Gasteiger partial charge in [0, 0.05) is 63.6 Å². The fraction of sp³-hybridized carbons (Fsp3) is 0.625. The van der Waals surface area contributed by atoms with Gasteiger partial charge in [0.25, 0.3) is 0 Å². The van der Waals surface area contributed by atoms with E-state index in [1.807, 2.05) is 12.1 Å². The van der Waals surface area contributed by atoms with Crippen molar-refractivity contribution in [3.63, 3.8) is 0 Å². The van der Waals surface area contributed by atoms with Crippen LogP contribution in [0.4, 0.5) is 18.9 Å². The summed E-state index contributed by atoms with van der Waals surface area (Å²) >= 11 is 0. The number of hydrogen-bond donors (Lipinski definition) is 2. The Morgan fingerprint density at radius 3 is 2.34 bits per heavy atom. The normalized spacial score (nSPS) is 26.3. The lowest BCUT2D eigenvalue weighted by molar-refractivity contribution is -0.0909. The summed E-state index contributed by atoms with van der Waals surface area (Å²) < 4.78 is 80.2. The van der Waals surface area contributed by atoms with Crippen molar-refractivity contribution < 1.29 is 31.1 Å². The number of alkyl halides is 3. The minimum atomic E-state index is -4.68. The fourth-order valence-corrected chi connectivity index (χ4v) is 6.66. The van der Waals surface area contributed by atoms with E-state index in [1.165, 1.54) is 9.21 Å². The Balaban J connectivity index is 1.24. The van der Waals surface area contributed by atoms with Crippen molar-refractivity contribution in [2.75, 3.05) is 57.4 Å². The number of piperidine rings is 1. The largest absolute Gasteiger partial charge is 0.471 e. The third kappa shape index (κ3) is 5.78. The molecule has 4 aliphatic heterocycles. The van der Waals surface area contributed by atoms with Crippen LogP contribution in [0.3, 0.4) is 0 Å². The SMILES string of the molecule is NC1N=C(OC2CCOC2)C(C(F)(F)F)=CN1C1CCN(S(=O)(=O)c2ccc(N3CCNCC3)cc2)CC1. The Bertz CT molecular complexity index is 1140. The molecule has 1 aromatic rings. The molecule has 210 valence electrons. The van der Waals surface area contributed by atoms with Crippen LogP contribution >= 0.6 is 0 Å². The Morgan fingerprint density at radius 2 is 1.74 bits per heavy atom. The first-order valence-corrected chi connectivity index (χ1v) is 14.3. The maximum Gasteiger partial charge on any atom is 0.422 e. The lowest BCUT2D eigenvalue weighted by Crippen LogP contribution is -2.52. The van der Waals surface area contributed by atoms with Crippen LogP contribution in [-0.4, -0.2) is 101 Å². The number of aliphatic imine (C=N–C) groups is 1. The van der Waals surface area contributed by atoms with E-state index in [9.17, 15) is 21.6 Å². The summed E-state index contributed by atoms with van der Waals surface area (Å²) in [6.07, 6.45) is -4.18. The Kier molecular flexibility index (Phi) is 7.87. The molecule has 2 unspecified atom stereocenters. The van der Waals surface area contributed by atoms with Gasteiger partial charge >= 0.3 is 6.18 Å². The van der Waals surface area contributed by atoms with E-state index in [-0.39, 0.29) is 24.6 Å². The molecule has 10 nitrogen and oxygen atoms in total. The lowest BCUT2D eigenvalue weighted by atomic mass is 10.0. The maximum absolute atomic E-state index is 13.9. The smallest absolute Gasteiger partial charge is 0.422 e. The third-order valence-corrected chi connectivity index (χ3v) is 9.25. The van der Waals surface area contributed by atoms with Crippen molar-refractivity contribution in [2.24, 2.45) is 10.7 Å². The van der Waals surface area contributed by atoms with Crippen LogP contribution in [0.1, 0.15) is 19.3 Å². The highest BCUT2D eigenvalue weighted by molar-refractivity contribution is 7.89. The van der Waals surface area contributed by atoms with E-state index >= 15 is 0 Å². The van der Waals surface area contributed by atoms with E-state index in [0.29, 0.717) is 25.9 Å². The van der Waals surface area contributed by atoms with Gasteiger partial charge in [-0.2, -0.15) is 17.5 Å². The van der Waals surface area contributed by atoms with Gasteiger partial charge in [-0.1, -0.05) is 0 Å². The summed E-state index contributed by atoms with van der Waals surface area (Å²) in [6, 6.07) is 6.46. The van der Waals surface area contributed by atoms with Crippen molar-refractivity contribution in [2.45, 2.75) is 48.8 Å². The molecule has 0 radical (unpaired) electrons. The minimum absolute atomic E-state index is 0.164. The molecule has 3 saturated heterocycles. The first kappa shape index (κ1) is 27.2. The minimum Gasteiger partial charge on any atom is -0.471 e. The second-order valence-corrected chi connectivity index (χ2v) is 11.7. The van der Waals surface area contributed by atoms with Crippen LogP contribution < -0.4 is 16.0 Å². The highest BCUT2D eigenvalue weighted by Crippen LogP contribution is 2.34. The second-order valence-electron chi connectivity index (χ2n) is 9.81. The van der Waals surface area contributed by atoms with Crippen LogP contribution in [0.5, 0.6) is 0 Å². The van der Waals surface area contributed by atoms with Gasteiger partial charge in [-0.15, -0.1) is 0 Å². The highest BCUT2D eigenvalue weighted by Gasteiger charge is 2.44. The topological polar surface area (TPSA) is 113 Å². The zero-order valence-electron chi connectivity index (χ0n) is 20.9. The molecule has 0 amide bonds. The molecule has 3 N–H and O–H groups in total. The maximum atomic E-state index is 13.9. The van der Waals surface area contributed by atoms with E-state index < -0.39 is 46.1 Å². The van der Waals surface area contributed by atoms with Crippen LogP contribution in [0.25, 0.3) is 0 Å². The molecule has 0 aromatic heterocycles. The molecule has 4 heterocycles. The monoisotopic (exact) mass is 558 g/mol. The number of benzene rings is 1. The molecule has 0 aliphatic carbocycles. The van der Waals surface area contributed by atoms with E-state index in [2.05, 4.69) is 15.2 Å². The van der Waals surface area contributed by atoms with Gasteiger partial charge in [0.1, 0.15) is 11.7 Å².